The third-order valence-electron chi connectivity index (χ3n) is 4.92. The van der Waals surface area contributed by atoms with Crippen molar-refractivity contribution in [3.63, 3.8) is 0 Å². The first-order chi connectivity index (χ1) is 14.1. The molecule has 0 aliphatic carbocycles. The molecule has 1 unspecified atom stereocenters. The summed E-state index contributed by atoms with van der Waals surface area (Å²) >= 11 is 1.33. The second-order valence-corrected chi connectivity index (χ2v) is 9.26. The molecule has 0 aliphatic rings. The highest BCUT2D eigenvalue weighted by Crippen LogP contribution is 2.27. The molecule has 2 aromatic carbocycles. The van der Waals surface area contributed by atoms with E-state index < -0.39 is 0 Å². The summed E-state index contributed by atoms with van der Waals surface area (Å²) in [7, 11) is 1.90. The van der Waals surface area contributed by atoms with Crippen LogP contribution in [0.2, 0.25) is 0 Å². The second kappa shape index (κ2) is 9.00. The van der Waals surface area contributed by atoms with Gasteiger partial charge in [0.2, 0.25) is 5.91 Å². The van der Waals surface area contributed by atoms with E-state index in [4.69, 9.17) is 0 Å². The molecule has 0 saturated carbocycles. The van der Waals surface area contributed by atoms with Crippen molar-refractivity contribution in [1.29, 1.82) is 0 Å². The van der Waals surface area contributed by atoms with Crippen LogP contribution in [0.4, 0.5) is 4.39 Å². The predicted molar refractivity (Wildman–Crippen MR) is 119 cm³/mol. The van der Waals surface area contributed by atoms with Crippen molar-refractivity contribution >= 4 is 17.7 Å². The first kappa shape index (κ1) is 22.0. The van der Waals surface area contributed by atoms with Crippen LogP contribution in [0, 0.1) is 5.82 Å². The van der Waals surface area contributed by atoms with Crippen LogP contribution < -0.4 is 5.32 Å². The van der Waals surface area contributed by atoms with Crippen LogP contribution in [0.15, 0.2) is 53.7 Å². The lowest BCUT2D eigenvalue weighted by Crippen LogP contribution is -2.28. The van der Waals surface area contributed by atoms with Crippen LogP contribution in [-0.4, -0.2) is 26.4 Å². The van der Waals surface area contributed by atoms with Gasteiger partial charge in [0.05, 0.1) is 11.8 Å². The lowest BCUT2D eigenvalue weighted by molar-refractivity contribution is -0.119. The number of hydrogen-bond acceptors (Lipinski definition) is 4. The summed E-state index contributed by atoms with van der Waals surface area (Å²) in [6.45, 7) is 8.42. The van der Waals surface area contributed by atoms with Gasteiger partial charge in [-0.25, -0.2) is 4.39 Å². The van der Waals surface area contributed by atoms with Gasteiger partial charge in [0.1, 0.15) is 5.82 Å². The maximum absolute atomic E-state index is 13.0. The topological polar surface area (TPSA) is 59.8 Å². The SMILES string of the molecule is CC(NC(=O)CSc1nnc(-c2ccc(C(C)(C)C)cc2)n1C)c1ccc(F)cc1. The normalized spacial score (nSPS) is 12.6. The molecule has 0 aliphatic heterocycles. The van der Waals surface area contributed by atoms with E-state index in [9.17, 15) is 9.18 Å². The number of thioether (sulfide) groups is 1. The molecule has 3 rings (SSSR count). The smallest absolute Gasteiger partial charge is 0.230 e. The first-order valence-corrected chi connectivity index (χ1v) is 10.8. The summed E-state index contributed by atoms with van der Waals surface area (Å²) in [6.07, 6.45) is 0. The van der Waals surface area contributed by atoms with E-state index in [0.29, 0.717) is 5.16 Å². The fourth-order valence-corrected chi connectivity index (χ4v) is 3.78. The minimum Gasteiger partial charge on any atom is -0.349 e. The number of rotatable bonds is 6. The summed E-state index contributed by atoms with van der Waals surface area (Å²) in [5.74, 6) is 0.577. The summed E-state index contributed by atoms with van der Waals surface area (Å²) in [5, 5.41) is 12.1. The number of nitrogens with zero attached hydrogens (tertiary/aromatic N) is 3. The summed E-state index contributed by atoms with van der Waals surface area (Å²) in [6, 6.07) is 14.3. The Hall–Kier alpha value is -2.67. The molecule has 7 heteroatoms. The number of carbonyl (C=O) groups excluding carboxylic acids is 1. The lowest BCUT2D eigenvalue weighted by Gasteiger charge is -2.19. The predicted octanol–water partition coefficient (Wildman–Crippen LogP) is 4.89. The molecule has 1 atom stereocenters. The van der Waals surface area contributed by atoms with E-state index in [2.05, 4.69) is 60.6 Å². The van der Waals surface area contributed by atoms with Crippen molar-refractivity contribution in [3.8, 4) is 11.4 Å². The zero-order chi connectivity index (χ0) is 21.9. The van der Waals surface area contributed by atoms with Crippen LogP contribution in [0.1, 0.15) is 44.9 Å². The van der Waals surface area contributed by atoms with Gasteiger partial charge in [0.25, 0.3) is 0 Å². The monoisotopic (exact) mass is 426 g/mol. The molecule has 1 N–H and O–H groups in total. The van der Waals surface area contributed by atoms with E-state index in [0.717, 1.165) is 17.0 Å². The molecule has 158 valence electrons. The molecule has 30 heavy (non-hydrogen) atoms. The Bertz CT molecular complexity index is 1010. The van der Waals surface area contributed by atoms with Gasteiger partial charge in [-0.05, 0) is 35.6 Å². The molecule has 1 amide bonds. The second-order valence-electron chi connectivity index (χ2n) is 8.32. The van der Waals surface area contributed by atoms with Crippen LogP contribution in [0.3, 0.4) is 0 Å². The van der Waals surface area contributed by atoms with Crippen LogP contribution >= 0.6 is 11.8 Å². The van der Waals surface area contributed by atoms with Crippen molar-refractivity contribution in [3.05, 3.63) is 65.5 Å². The van der Waals surface area contributed by atoms with Gasteiger partial charge >= 0.3 is 0 Å². The fourth-order valence-electron chi connectivity index (χ4n) is 3.06. The van der Waals surface area contributed by atoms with Gasteiger partial charge in [0, 0.05) is 12.6 Å². The van der Waals surface area contributed by atoms with Gasteiger partial charge in [-0.2, -0.15) is 0 Å². The highest BCUT2D eigenvalue weighted by molar-refractivity contribution is 7.99. The zero-order valence-corrected chi connectivity index (χ0v) is 18.8. The molecule has 0 radical (unpaired) electrons. The van der Waals surface area contributed by atoms with Crippen molar-refractivity contribution in [1.82, 2.24) is 20.1 Å². The van der Waals surface area contributed by atoms with Crippen molar-refractivity contribution in [2.45, 2.75) is 44.3 Å². The highest BCUT2D eigenvalue weighted by Gasteiger charge is 2.17. The molecule has 0 spiro atoms. The van der Waals surface area contributed by atoms with Gasteiger partial charge in [0.15, 0.2) is 11.0 Å². The average Bonchev–Trinajstić information content (AvgIpc) is 3.06. The van der Waals surface area contributed by atoms with E-state index >= 15 is 0 Å². The van der Waals surface area contributed by atoms with Crippen LogP contribution in [-0.2, 0) is 17.3 Å². The minimum absolute atomic E-state index is 0.0951. The number of carbonyl (C=O) groups is 1. The van der Waals surface area contributed by atoms with Crippen molar-refractivity contribution in [2.75, 3.05) is 5.75 Å². The average molecular weight is 427 g/mol. The Labute approximate surface area is 181 Å². The maximum atomic E-state index is 13.0. The largest absolute Gasteiger partial charge is 0.349 e. The van der Waals surface area contributed by atoms with Gasteiger partial charge < -0.3 is 9.88 Å². The van der Waals surface area contributed by atoms with E-state index in [-0.39, 0.29) is 28.9 Å². The lowest BCUT2D eigenvalue weighted by atomic mass is 9.87. The molecule has 5 nitrogen and oxygen atoms in total. The van der Waals surface area contributed by atoms with Gasteiger partial charge in [-0.15, -0.1) is 10.2 Å². The summed E-state index contributed by atoms with van der Waals surface area (Å²) in [4.78, 5) is 12.3. The Balaban J connectivity index is 1.61. The Kier molecular flexibility index (Phi) is 6.61. The number of benzene rings is 2. The van der Waals surface area contributed by atoms with Crippen LogP contribution in [0.25, 0.3) is 11.4 Å². The molecular weight excluding hydrogens is 399 g/mol. The van der Waals surface area contributed by atoms with Crippen LogP contribution in [0.5, 0.6) is 0 Å². The molecule has 1 aromatic heterocycles. The summed E-state index contributed by atoms with van der Waals surface area (Å²) < 4.78 is 14.9. The number of hydrogen-bond donors (Lipinski definition) is 1. The minimum atomic E-state index is -0.293. The number of nitrogens with one attached hydrogen (secondary N) is 1. The Morgan fingerprint density at radius 2 is 1.73 bits per heavy atom. The standard InChI is InChI=1S/C23H27FN4OS/c1-15(16-8-12-19(24)13-9-16)25-20(29)14-30-22-27-26-21(28(22)5)17-6-10-18(11-7-17)23(2,3)4/h6-13,15H,14H2,1-5H3,(H,25,29). The van der Waals surface area contributed by atoms with E-state index in [1.807, 2.05) is 18.5 Å². The van der Waals surface area contributed by atoms with Crippen molar-refractivity contribution < 1.29 is 9.18 Å². The Morgan fingerprint density at radius 1 is 1.10 bits per heavy atom. The van der Waals surface area contributed by atoms with Gasteiger partial charge in [-0.3, -0.25) is 4.79 Å². The number of halogens is 1. The number of amides is 1. The molecule has 1 heterocycles. The molecule has 0 fully saturated rings. The number of aromatic nitrogens is 3. The highest BCUT2D eigenvalue weighted by atomic mass is 32.2. The van der Waals surface area contributed by atoms with Crippen molar-refractivity contribution in [2.24, 2.45) is 7.05 Å². The quantitative estimate of drug-likeness (QED) is 0.570. The van der Waals surface area contributed by atoms with E-state index in [1.54, 1.807) is 12.1 Å². The first-order valence-electron chi connectivity index (χ1n) is 9.83. The summed E-state index contributed by atoms with van der Waals surface area (Å²) in [5.41, 5.74) is 3.20. The zero-order valence-electron chi connectivity index (χ0n) is 17.9. The molecule has 3 aromatic rings. The van der Waals surface area contributed by atoms with E-state index in [1.165, 1.54) is 29.5 Å². The Morgan fingerprint density at radius 3 is 2.33 bits per heavy atom. The third kappa shape index (κ3) is 5.27. The third-order valence-corrected chi connectivity index (χ3v) is 5.94. The molecular formula is C23H27FN4OS. The molecule has 0 bridgehead atoms. The maximum Gasteiger partial charge on any atom is 0.230 e. The van der Waals surface area contributed by atoms with Gasteiger partial charge in [-0.1, -0.05) is 68.9 Å². The fraction of sp³-hybridized carbons (Fsp3) is 0.348. The molecule has 0 saturated heterocycles.